The van der Waals surface area contributed by atoms with Gasteiger partial charge in [0, 0.05) is 28.7 Å². The highest BCUT2D eigenvalue weighted by molar-refractivity contribution is 6.30. The Morgan fingerprint density at radius 1 is 0.971 bits per heavy atom. The standard InChI is InChI=1S/C27H23ClN2O4/c1-16-7-6-8-20(15-16)29-25(31)17(2)34-27(33)24-23(18-11-13-19(28)14-12-18)21-9-4-5-10-22(21)26(32)30(24)3/h4-15,17H,1-3H3,(H,29,31). The van der Waals surface area contributed by atoms with Gasteiger partial charge in [-0.15, -0.1) is 0 Å². The Bertz CT molecular complexity index is 1460. The van der Waals surface area contributed by atoms with Gasteiger partial charge in [0.15, 0.2) is 6.10 Å². The Morgan fingerprint density at radius 2 is 1.65 bits per heavy atom. The van der Waals surface area contributed by atoms with Gasteiger partial charge < -0.3 is 14.6 Å². The average Bonchev–Trinajstić information content (AvgIpc) is 2.81. The maximum atomic E-state index is 13.4. The summed E-state index contributed by atoms with van der Waals surface area (Å²) in [5.74, 6) is -1.25. The molecule has 4 rings (SSSR count). The summed E-state index contributed by atoms with van der Waals surface area (Å²) in [4.78, 5) is 39.1. The van der Waals surface area contributed by atoms with Crippen LogP contribution >= 0.6 is 11.6 Å². The number of amides is 1. The molecule has 4 aromatic rings. The minimum Gasteiger partial charge on any atom is -0.448 e. The largest absolute Gasteiger partial charge is 0.448 e. The lowest BCUT2D eigenvalue weighted by molar-refractivity contribution is -0.123. The smallest absolute Gasteiger partial charge is 0.356 e. The summed E-state index contributed by atoms with van der Waals surface area (Å²) in [6, 6.07) is 21.4. The van der Waals surface area contributed by atoms with Gasteiger partial charge in [-0.25, -0.2) is 4.79 Å². The molecule has 34 heavy (non-hydrogen) atoms. The zero-order chi connectivity index (χ0) is 24.4. The number of pyridine rings is 1. The molecule has 6 nitrogen and oxygen atoms in total. The van der Waals surface area contributed by atoms with Crippen LogP contribution in [0, 0.1) is 6.92 Å². The molecule has 0 fully saturated rings. The number of benzene rings is 3. The summed E-state index contributed by atoms with van der Waals surface area (Å²) in [7, 11) is 1.52. The summed E-state index contributed by atoms with van der Waals surface area (Å²) in [5.41, 5.74) is 2.54. The predicted octanol–water partition coefficient (Wildman–Crippen LogP) is 5.35. The number of rotatable bonds is 5. The number of hydrogen-bond donors (Lipinski definition) is 1. The first-order chi connectivity index (χ1) is 16.3. The number of nitrogens with zero attached hydrogens (tertiary/aromatic N) is 1. The first-order valence-electron chi connectivity index (χ1n) is 10.7. The van der Waals surface area contributed by atoms with Crippen LogP contribution in [0.15, 0.2) is 77.6 Å². The molecule has 0 radical (unpaired) electrons. The van der Waals surface area contributed by atoms with Crippen LogP contribution in [-0.2, 0) is 16.6 Å². The first kappa shape index (κ1) is 23.3. The minimum absolute atomic E-state index is 0.0567. The molecule has 1 heterocycles. The third kappa shape index (κ3) is 4.58. The van der Waals surface area contributed by atoms with Crippen molar-refractivity contribution in [3.8, 4) is 11.1 Å². The molecule has 7 heteroatoms. The molecule has 0 aliphatic heterocycles. The fraction of sp³-hybridized carbons (Fsp3) is 0.148. The third-order valence-electron chi connectivity index (χ3n) is 5.57. The number of carbonyl (C=O) groups excluding carboxylic acids is 2. The molecule has 1 unspecified atom stereocenters. The molecule has 1 aromatic heterocycles. The third-order valence-corrected chi connectivity index (χ3v) is 5.82. The highest BCUT2D eigenvalue weighted by Gasteiger charge is 2.26. The summed E-state index contributed by atoms with van der Waals surface area (Å²) < 4.78 is 6.80. The highest BCUT2D eigenvalue weighted by atomic mass is 35.5. The average molecular weight is 475 g/mol. The molecule has 1 atom stereocenters. The molecule has 0 saturated heterocycles. The predicted molar refractivity (Wildman–Crippen MR) is 134 cm³/mol. The summed E-state index contributed by atoms with van der Waals surface area (Å²) in [5, 5.41) is 4.37. The van der Waals surface area contributed by atoms with Crippen molar-refractivity contribution in [1.29, 1.82) is 0 Å². The van der Waals surface area contributed by atoms with Crippen molar-refractivity contribution in [3.05, 3.63) is 99.4 Å². The van der Waals surface area contributed by atoms with E-state index in [1.165, 1.54) is 18.5 Å². The Morgan fingerprint density at radius 3 is 2.32 bits per heavy atom. The van der Waals surface area contributed by atoms with Gasteiger partial charge in [-0.2, -0.15) is 0 Å². The van der Waals surface area contributed by atoms with Crippen LogP contribution in [0.5, 0.6) is 0 Å². The molecule has 0 spiro atoms. The van der Waals surface area contributed by atoms with Gasteiger partial charge in [0.2, 0.25) is 0 Å². The van der Waals surface area contributed by atoms with Gasteiger partial charge in [-0.1, -0.05) is 54.1 Å². The number of hydrogen-bond acceptors (Lipinski definition) is 4. The lowest BCUT2D eigenvalue weighted by Crippen LogP contribution is -2.32. The monoisotopic (exact) mass is 474 g/mol. The molecule has 0 aliphatic rings. The maximum absolute atomic E-state index is 13.4. The highest BCUT2D eigenvalue weighted by Crippen LogP contribution is 2.32. The second-order valence-electron chi connectivity index (χ2n) is 8.05. The fourth-order valence-electron chi connectivity index (χ4n) is 3.85. The zero-order valence-corrected chi connectivity index (χ0v) is 19.7. The van der Waals surface area contributed by atoms with E-state index in [0.717, 1.165) is 5.56 Å². The second-order valence-corrected chi connectivity index (χ2v) is 8.48. The Labute approximate surface area is 201 Å². The van der Waals surface area contributed by atoms with Gasteiger partial charge in [0.05, 0.1) is 0 Å². The lowest BCUT2D eigenvalue weighted by Gasteiger charge is -2.19. The number of esters is 1. The molecular formula is C27H23ClN2O4. The fourth-order valence-corrected chi connectivity index (χ4v) is 3.98. The number of aryl methyl sites for hydroxylation is 1. The molecular weight excluding hydrogens is 452 g/mol. The summed E-state index contributed by atoms with van der Waals surface area (Å²) >= 11 is 6.06. The molecule has 0 aliphatic carbocycles. The van der Waals surface area contributed by atoms with Crippen LogP contribution in [0.25, 0.3) is 21.9 Å². The first-order valence-corrected chi connectivity index (χ1v) is 11.1. The molecule has 1 amide bonds. The van der Waals surface area contributed by atoms with E-state index in [1.807, 2.05) is 25.1 Å². The van der Waals surface area contributed by atoms with Gasteiger partial charge in [-0.05, 0) is 60.7 Å². The quantitative estimate of drug-likeness (QED) is 0.395. The van der Waals surface area contributed by atoms with E-state index < -0.39 is 18.0 Å². The van der Waals surface area contributed by atoms with Crippen LogP contribution in [0.1, 0.15) is 23.0 Å². The van der Waals surface area contributed by atoms with Crippen molar-refractivity contribution in [2.24, 2.45) is 7.05 Å². The Balaban J connectivity index is 1.74. The van der Waals surface area contributed by atoms with E-state index in [0.29, 0.717) is 32.6 Å². The summed E-state index contributed by atoms with van der Waals surface area (Å²) in [6.07, 6.45) is -1.09. The number of anilines is 1. The van der Waals surface area contributed by atoms with Gasteiger partial charge in [0.1, 0.15) is 5.69 Å². The topological polar surface area (TPSA) is 77.4 Å². The Hall–Kier alpha value is -3.90. The second kappa shape index (κ2) is 9.53. The number of nitrogens with one attached hydrogen (secondary N) is 1. The van der Waals surface area contributed by atoms with Crippen molar-refractivity contribution in [2.45, 2.75) is 20.0 Å². The maximum Gasteiger partial charge on any atom is 0.356 e. The molecule has 3 aromatic carbocycles. The van der Waals surface area contributed by atoms with Crippen LogP contribution in [-0.4, -0.2) is 22.5 Å². The van der Waals surface area contributed by atoms with E-state index in [4.69, 9.17) is 16.3 Å². The van der Waals surface area contributed by atoms with Gasteiger partial charge in [-0.3, -0.25) is 9.59 Å². The van der Waals surface area contributed by atoms with Crippen LogP contribution < -0.4 is 10.9 Å². The number of fused-ring (bicyclic) bond motifs is 1. The number of halogens is 1. The molecule has 1 N–H and O–H groups in total. The van der Waals surface area contributed by atoms with E-state index in [1.54, 1.807) is 54.6 Å². The van der Waals surface area contributed by atoms with Gasteiger partial charge in [0.25, 0.3) is 11.5 Å². The van der Waals surface area contributed by atoms with Crippen molar-refractivity contribution in [2.75, 3.05) is 5.32 Å². The van der Waals surface area contributed by atoms with E-state index >= 15 is 0 Å². The summed E-state index contributed by atoms with van der Waals surface area (Å²) in [6.45, 7) is 3.40. The number of carbonyl (C=O) groups is 2. The van der Waals surface area contributed by atoms with E-state index in [9.17, 15) is 14.4 Å². The van der Waals surface area contributed by atoms with Crippen LogP contribution in [0.4, 0.5) is 5.69 Å². The van der Waals surface area contributed by atoms with Crippen molar-refractivity contribution < 1.29 is 14.3 Å². The van der Waals surface area contributed by atoms with E-state index in [-0.39, 0.29) is 11.3 Å². The van der Waals surface area contributed by atoms with Crippen molar-refractivity contribution in [3.63, 3.8) is 0 Å². The minimum atomic E-state index is -1.09. The normalized spacial score (nSPS) is 11.8. The van der Waals surface area contributed by atoms with E-state index in [2.05, 4.69) is 5.32 Å². The molecule has 0 saturated carbocycles. The Kier molecular flexibility index (Phi) is 6.52. The van der Waals surface area contributed by atoms with Crippen molar-refractivity contribution >= 4 is 39.9 Å². The van der Waals surface area contributed by atoms with Crippen LogP contribution in [0.3, 0.4) is 0 Å². The number of aromatic nitrogens is 1. The molecule has 172 valence electrons. The molecule has 0 bridgehead atoms. The van der Waals surface area contributed by atoms with Crippen molar-refractivity contribution in [1.82, 2.24) is 4.57 Å². The SMILES string of the molecule is Cc1cccc(NC(=O)C(C)OC(=O)c2c(-c3ccc(Cl)cc3)c3ccccc3c(=O)n2C)c1. The number of ether oxygens (including phenoxy) is 1. The van der Waals surface area contributed by atoms with Gasteiger partial charge >= 0.3 is 5.97 Å². The van der Waals surface area contributed by atoms with Crippen LogP contribution in [0.2, 0.25) is 5.02 Å². The zero-order valence-electron chi connectivity index (χ0n) is 19.0. The lowest BCUT2D eigenvalue weighted by atomic mass is 9.96.